The molecule has 1 heterocycles. The van der Waals surface area contributed by atoms with Gasteiger partial charge in [-0.05, 0) is 36.6 Å². The largest absolute Gasteiger partial charge is 0.449 e. The minimum Gasteiger partial charge on any atom is -0.449 e. The third kappa shape index (κ3) is 2.95. The van der Waals surface area contributed by atoms with Crippen molar-refractivity contribution in [1.29, 1.82) is 0 Å². The van der Waals surface area contributed by atoms with E-state index in [1.165, 1.54) is 11.1 Å². The van der Waals surface area contributed by atoms with Crippen LogP contribution in [0.4, 0.5) is 0 Å². The van der Waals surface area contributed by atoms with E-state index in [9.17, 15) is 4.79 Å². The van der Waals surface area contributed by atoms with E-state index < -0.39 is 0 Å². The van der Waals surface area contributed by atoms with Crippen molar-refractivity contribution < 1.29 is 4.42 Å². The Balaban J connectivity index is 1.87. The first-order valence-corrected chi connectivity index (χ1v) is 8.40. The number of rotatable bonds is 4. The van der Waals surface area contributed by atoms with Crippen molar-refractivity contribution in [3.8, 4) is 0 Å². The van der Waals surface area contributed by atoms with Crippen molar-refractivity contribution in [3.05, 3.63) is 75.4 Å². The summed E-state index contributed by atoms with van der Waals surface area (Å²) in [4.78, 5) is 12.4. The maximum Gasteiger partial charge on any atom is 0.196 e. The minimum absolute atomic E-state index is 0.0608. The van der Waals surface area contributed by atoms with E-state index in [0.29, 0.717) is 21.6 Å². The maximum absolute atomic E-state index is 12.4. The van der Waals surface area contributed by atoms with Crippen LogP contribution >= 0.6 is 11.8 Å². The predicted octanol–water partition coefficient (Wildman–Crippen LogP) is 4.96. The first-order chi connectivity index (χ1) is 10.7. The quantitative estimate of drug-likeness (QED) is 0.638. The fraction of sp³-hybridized carbons (Fsp3) is 0.211. The van der Waals surface area contributed by atoms with Gasteiger partial charge in [0, 0.05) is 11.3 Å². The molecule has 0 aliphatic carbocycles. The van der Waals surface area contributed by atoms with Crippen LogP contribution in [0.25, 0.3) is 11.0 Å². The van der Waals surface area contributed by atoms with Crippen molar-refractivity contribution in [1.82, 2.24) is 0 Å². The molecule has 22 heavy (non-hydrogen) atoms. The molecular formula is C19H18O2S. The fourth-order valence-electron chi connectivity index (χ4n) is 2.37. The minimum atomic E-state index is 0.0608. The van der Waals surface area contributed by atoms with E-state index in [1.54, 1.807) is 11.8 Å². The molecule has 2 nitrogen and oxygen atoms in total. The average Bonchev–Trinajstić information content (AvgIpc) is 2.57. The Morgan fingerprint density at radius 2 is 1.68 bits per heavy atom. The summed E-state index contributed by atoms with van der Waals surface area (Å²) in [5.74, 6) is 0.798. The second kappa shape index (κ2) is 6.41. The molecule has 0 unspecified atom stereocenters. The highest BCUT2D eigenvalue weighted by Gasteiger charge is 2.11. The normalized spacial score (nSPS) is 11.0. The third-order valence-electron chi connectivity index (χ3n) is 3.78. The Bertz CT molecular complexity index is 847. The van der Waals surface area contributed by atoms with Crippen molar-refractivity contribution in [2.75, 3.05) is 0 Å². The van der Waals surface area contributed by atoms with Gasteiger partial charge in [0.25, 0.3) is 0 Å². The average molecular weight is 310 g/mol. The van der Waals surface area contributed by atoms with Crippen molar-refractivity contribution in [2.24, 2.45) is 0 Å². The van der Waals surface area contributed by atoms with E-state index in [2.05, 4.69) is 31.2 Å². The molecule has 0 bridgehead atoms. The molecule has 0 aliphatic rings. The predicted molar refractivity (Wildman–Crippen MR) is 92.6 cm³/mol. The number of hydrogen-bond acceptors (Lipinski definition) is 3. The zero-order valence-corrected chi connectivity index (χ0v) is 13.6. The van der Waals surface area contributed by atoms with E-state index in [-0.39, 0.29) is 5.43 Å². The van der Waals surface area contributed by atoms with E-state index in [4.69, 9.17) is 4.42 Å². The standard InChI is InChI=1S/C19H18O2S/c1-3-14-8-10-15(11-9-14)12-22-19-13(2)18(20)16-6-4-5-7-17(16)21-19/h4-11H,3,12H2,1-2H3. The highest BCUT2D eigenvalue weighted by atomic mass is 32.2. The molecule has 0 fully saturated rings. The second-order valence-corrected chi connectivity index (χ2v) is 6.25. The third-order valence-corrected chi connectivity index (χ3v) is 4.91. The Hall–Kier alpha value is -2.00. The molecule has 0 spiro atoms. The van der Waals surface area contributed by atoms with E-state index >= 15 is 0 Å². The number of thioether (sulfide) groups is 1. The van der Waals surface area contributed by atoms with E-state index in [1.807, 2.05) is 31.2 Å². The van der Waals surface area contributed by atoms with Crippen LogP contribution in [0.15, 0.2) is 62.8 Å². The number of hydrogen-bond donors (Lipinski definition) is 0. The number of fused-ring (bicyclic) bond motifs is 1. The lowest BCUT2D eigenvalue weighted by molar-refractivity contribution is 0.492. The summed E-state index contributed by atoms with van der Waals surface area (Å²) in [6.07, 6.45) is 1.05. The number of benzene rings is 2. The molecule has 0 aliphatic heterocycles. The number of para-hydroxylation sites is 1. The first-order valence-electron chi connectivity index (χ1n) is 7.42. The van der Waals surface area contributed by atoms with Gasteiger partial charge in [0.2, 0.25) is 0 Å². The SMILES string of the molecule is CCc1ccc(CSc2oc3ccccc3c(=O)c2C)cc1. The van der Waals surface area contributed by atoms with Gasteiger partial charge in [0.1, 0.15) is 5.58 Å². The topological polar surface area (TPSA) is 30.2 Å². The molecule has 0 amide bonds. The zero-order chi connectivity index (χ0) is 15.5. The van der Waals surface area contributed by atoms with Crippen LogP contribution in [0, 0.1) is 6.92 Å². The molecule has 0 saturated carbocycles. The fourth-order valence-corrected chi connectivity index (χ4v) is 3.32. The molecule has 3 heteroatoms. The molecule has 112 valence electrons. The molecule has 3 rings (SSSR count). The lowest BCUT2D eigenvalue weighted by atomic mass is 10.1. The van der Waals surface area contributed by atoms with Gasteiger partial charge < -0.3 is 4.42 Å². The van der Waals surface area contributed by atoms with Gasteiger partial charge in [-0.3, -0.25) is 4.79 Å². The van der Waals surface area contributed by atoms with E-state index in [0.717, 1.165) is 12.2 Å². The maximum atomic E-state index is 12.4. The van der Waals surface area contributed by atoms with Crippen LogP contribution in [0.5, 0.6) is 0 Å². The highest BCUT2D eigenvalue weighted by molar-refractivity contribution is 7.98. The summed E-state index contributed by atoms with van der Waals surface area (Å²) in [5, 5.41) is 1.36. The van der Waals surface area contributed by atoms with Crippen LogP contribution in [-0.4, -0.2) is 0 Å². The smallest absolute Gasteiger partial charge is 0.196 e. The summed E-state index contributed by atoms with van der Waals surface area (Å²) in [6.45, 7) is 3.98. The summed E-state index contributed by atoms with van der Waals surface area (Å²) < 4.78 is 5.90. The number of aryl methyl sites for hydroxylation is 1. The molecule has 0 N–H and O–H groups in total. The Labute approximate surface area is 134 Å². The molecule has 1 aromatic heterocycles. The van der Waals surface area contributed by atoms with Gasteiger partial charge >= 0.3 is 0 Å². The summed E-state index contributed by atoms with van der Waals surface area (Å²) >= 11 is 1.58. The Morgan fingerprint density at radius 3 is 2.41 bits per heavy atom. The van der Waals surface area contributed by atoms with Crippen molar-refractivity contribution in [2.45, 2.75) is 31.1 Å². The van der Waals surface area contributed by atoms with Crippen LogP contribution in [0.2, 0.25) is 0 Å². The monoisotopic (exact) mass is 310 g/mol. The lowest BCUT2D eigenvalue weighted by Gasteiger charge is -2.07. The summed E-state index contributed by atoms with van der Waals surface area (Å²) in [6, 6.07) is 16.0. The molecule has 3 aromatic rings. The van der Waals surface area contributed by atoms with Crippen LogP contribution in [-0.2, 0) is 12.2 Å². The van der Waals surface area contributed by atoms with Gasteiger partial charge in [-0.1, -0.05) is 55.1 Å². The summed E-state index contributed by atoms with van der Waals surface area (Å²) in [7, 11) is 0. The molecule has 0 atom stereocenters. The Kier molecular flexibility index (Phi) is 4.34. The second-order valence-electron chi connectivity index (χ2n) is 5.30. The molecule has 0 saturated heterocycles. The van der Waals surface area contributed by atoms with Gasteiger partial charge in [0.05, 0.1) is 5.39 Å². The van der Waals surface area contributed by atoms with Gasteiger partial charge in [0.15, 0.2) is 10.5 Å². The lowest BCUT2D eigenvalue weighted by Crippen LogP contribution is -2.06. The van der Waals surface area contributed by atoms with Gasteiger partial charge in [-0.25, -0.2) is 0 Å². The van der Waals surface area contributed by atoms with Crippen LogP contribution in [0.3, 0.4) is 0 Å². The summed E-state index contributed by atoms with van der Waals surface area (Å²) in [5.41, 5.74) is 3.97. The molecular weight excluding hydrogens is 292 g/mol. The van der Waals surface area contributed by atoms with Crippen LogP contribution < -0.4 is 5.43 Å². The van der Waals surface area contributed by atoms with Gasteiger partial charge in [-0.15, -0.1) is 0 Å². The highest BCUT2D eigenvalue weighted by Crippen LogP contribution is 2.27. The zero-order valence-electron chi connectivity index (χ0n) is 12.8. The molecule has 2 aromatic carbocycles. The first kappa shape index (κ1) is 14.9. The van der Waals surface area contributed by atoms with Crippen LogP contribution in [0.1, 0.15) is 23.6 Å². The van der Waals surface area contributed by atoms with Crippen molar-refractivity contribution >= 4 is 22.7 Å². The van der Waals surface area contributed by atoms with Gasteiger partial charge in [-0.2, -0.15) is 0 Å². The Morgan fingerprint density at radius 1 is 1.00 bits per heavy atom. The van der Waals surface area contributed by atoms with Crippen molar-refractivity contribution in [3.63, 3.8) is 0 Å². The molecule has 0 radical (unpaired) electrons.